The van der Waals surface area contributed by atoms with Crippen LogP contribution in [0.1, 0.15) is 24.0 Å². The van der Waals surface area contributed by atoms with Gasteiger partial charge in [0.05, 0.1) is 24.7 Å². The molecule has 0 aliphatic carbocycles. The summed E-state index contributed by atoms with van der Waals surface area (Å²) in [5.74, 6) is 0. The molecule has 0 amide bonds. The first-order chi connectivity index (χ1) is 15.5. The monoisotopic (exact) mass is 450 g/mol. The predicted molar refractivity (Wildman–Crippen MR) is 124 cm³/mol. The molecule has 2 aromatic carbocycles. The Hall–Kier alpha value is -3.16. The van der Waals surface area contributed by atoms with Crippen LogP contribution in [0.15, 0.2) is 64.4 Å². The quantitative estimate of drug-likeness (QED) is 0.466. The zero-order valence-corrected chi connectivity index (χ0v) is 18.5. The Morgan fingerprint density at radius 3 is 2.75 bits per heavy atom. The minimum Gasteiger partial charge on any atom is -0.376 e. The Bertz CT molecular complexity index is 1410. The van der Waals surface area contributed by atoms with Crippen molar-refractivity contribution in [1.82, 2.24) is 18.7 Å². The first-order valence-electron chi connectivity index (χ1n) is 10.7. The van der Waals surface area contributed by atoms with Crippen LogP contribution in [0.2, 0.25) is 5.02 Å². The predicted octanol–water partition coefficient (Wildman–Crippen LogP) is 3.54. The number of rotatable bonds is 5. The fraction of sp³-hybridized carbons (Fsp3) is 0.292. The number of halogens is 1. The van der Waals surface area contributed by atoms with Crippen LogP contribution < -0.4 is 11.2 Å². The third kappa shape index (κ3) is 3.67. The van der Waals surface area contributed by atoms with E-state index in [1.165, 1.54) is 9.13 Å². The standard InChI is InChI=1S/C24H23ClN4O3/c1-16-6-2-3-10-20(16)29-22-21(23(30)28(24(29)31)14-19-9-5-11-32-19)27(15-26-22)13-17-7-4-8-18(25)12-17/h2-4,6-8,10,12,15,19H,5,9,11,13-14H2,1H3/t19-/m0/s1. The number of hydrogen-bond acceptors (Lipinski definition) is 4. The lowest BCUT2D eigenvalue weighted by Gasteiger charge is -2.16. The van der Waals surface area contributed by atoms with Crippen molar-refractivity contribution in [2.75, 3.05) is 6.61 Å². The Morgan fingerprint density at radius 2 is 2.00 bits per heavy atom. The molecule has 4 aromatic rings. The Kier molecular flexibility index (Phi) is 5.45. The van der Waals surface area contributed by atoms with E-state index in [-0.39, 0.29) is 18.2 Å². The average molecular weight is 451 g/mol. The molecule has 164 valence electrons. The van der Waals surface area contributed by atoms with Gasteiger partial charge in [-0.25, -0.2) is 14.3 Å². The molecule has 1 saturated heterocycles. The number of imidazole rings is 1. The number of nitrogens with zero attached hydrogens (tertiary/aromatic N) is 4. The molecule has 1 aliphatic rings. The maximum absolute atomic E-state index is 13.6. The minimum atomic E-state index is -0.402. The molecule has 1 aliphatic heterocycles. The van der Waals surface area contributed by atoms with E-state index >= 15 is 0 Å². The van der Waals surface area contributed by atoms with Crippen molar-refractivity contribution in [3.8, 4) is 5.69 Å². The molecule has 0 saturated carbocycles. The van der Waals surface area contributed by atoms with Gasteiger partial charge in [-0.15, -0.1) is 0 Å². The van der Waals surface area contributed by atoms with Crippen molar-refractivity contribution < 1.29 is 4.74 Å². The second-order valence-electron chi connectivity index (χ2n) is 8.13. The molecule has 7 nitrogen and oxygen atoms in total. The van der Waals surface area contributed by atoms with Crippen molar-refractivity contribution in [3.63, 3.8) is 0 Å². The maximum Gasteiger partial charge on any atom is 0.337 e. The van der Waals surface area contributed by atoms with Gasteiger partial charge in [0.1, 0.15) is 0 Å². The van der Waals surface area contributed by atoms with Gasteiger partial charge < -0.3 is 9.30 Å². The summed E-state index contributed by atoms with van der Waals surface area (Å²) in [5, 5.41) is 0.625. The highest BCUT2D eigenvalue weighted by molar-refractivity contribution is 6.30. The molecule has 0 N–H and O–H groups in total. The molecule has 0 spiro atoms. The average Bonchev–Trinajstić information content (AvgIpc) is 3.43. The second-order valence-corrected chi connectivity index (χ2v) is 8.57. The number of aromatic nitrogens is 4. The van der Waals surface area contributed by atoms with Gasteiger partial charge in [0.25, 0.3) is 5.56 Å². The van der Waals surface area contributed by atoms with E-state index in [1.54, 1.807) is 10.9 Å². The molecule has 1 atom stereocenters. The highest BCUT2D eigenvalue weighted by Gasteiger charge is 2.24. The fourth-order valence-corrected chi connectivity index (χ4v) is 4.53. The SMILES string of the molecule is Cc1ccccc1-n1c(=O)n(C[C@@H]2CCCO2)c(=O)c2c1ncn2Cc1cccc(Cl)c1. The van der Waals surface area contributed by atoms with Crippen molar-refractivity contribution in [1.29, 1.82) is 0 Å². The van der Waals surface area contributed by atoms with Gasteiger partial charge in [-0.2, -0.15) is 0 Å². The molecule has 5 rings (SSSR count). The molecular weight excluding hydrogens is 428 g/mol. The minimum absolute atomic E-state index is 0.146. The zero-order valence-electron chi connectivity index (χ0n) is 17.7. The normalized spacial score (nSPS) is 16.1. The van der Waals surface area contributed by atoms with E-state index in [4.69, 9.17) is 16.3 Å². The van der Waals surface area contributed by atoms with E-state index < -0.39 is 5.69 Å². The van der Waals surface area contributed by atoms with Gasteiger partial charge in [0.2, 0.25) is 0 Å². The van der Waals surface area contributed by atoms with Gasteiger partial charge in [-0.05, 0) is 49.1 Å². The van der Waals surface area contributed by atoms with Crippen molar-refractivity contribution >= 4 is 22.8 Å². The third-order valence-corrected chi connectivity index (χ3v) is 6.14. The van der Waals surface area contributed by atoms with Crippen LogP contribution in [0.4, 0.5) is 0 Å². The molecule has 0 unspecified atom stereocenters. The highest BCUT2D eigenvalue weighted by Crippen LogP contribution is 2.19. The number of para-hydroxylation sites is 1. The van der Waals surface area contributed by atoms with Crippen molar-refractivity contribution in [3.05, 3.63) is 91.8 Å². The molecule has 2 aromatic heterocycles. The van der Waals surface area contributed by atoms with E-state index in [2.05, 4.69) is 4.98 Å². The van der Waals surface area contributed by atoms with Gasteiger partial charge >= 0.3 is 5.69 Å². The third-order valence-electron chi connectivity index (χ3n) is 5.91. The fourth-order valence-electron chi connectivity index (χ4n) is 4.32. The van der Waals surface area contributed by atoms with E-state index in [9.17, 15) is 9.59 Å². The summed E-state index contributed by atoms with van der Waals surface area (Å²) in [7, 11) is 0. The van der Waals surface area contributed by atoms with E-state index in [0.29, 0.717) is 35.0 Å². The summed E-state index contributed by atoms with van der Waals surface area (Å²) in [6, 6.07) is 15.1. The largest absolute Gasteiger partial charge is 0.376 e. The van der Waals surface area contributed by atoms with E-state index in [0.717, 1.165) is 24.0 Å². The number of hydrogen-bond donors (Lipinski definition) is 0. The molecular formula is C24H23ClN4O3. The molecule has 0 bridgehead atoms. The first kappa shape index (κ1) is 20.7. The van der Waals surface area contributed by atoms with Gasteiger partial charge in [-0.1, -0.05) is 41.9 Å². The van der Waals surface area contributed by atoms with Crippen molar-refractivity contribution in [2.24, 2.45) is 0 Å². The first-order valence-corrected chi connectivity index (χ1v) is 11.0. The van der Waals surface area contributed by atoms with Crippen LogP contribution in [0, 0.1) is 6.92 Å². The van der Waals surface area contributed by atoms with Crippen LogP contribution in [-0.2, 0) is 17.8 Å². The zero-order chi connectivity index (χ0) is 22.2. The summed E-state index contributed by atoms with van der Waals surface area (Å²) in [6.07, 6.45) is 3.22. The number of ether oxygens (including phenoxy) is 1. The summed E-state index contributed by atoms with van der Waals surface area (Å²) < 4.78 is 10.3. The maximum atomic E-state index is 13.6. The topological polar surface area (TPSA) is 71.1 Å². The lowest BCUT2D eigenvalue weighted by molar-refractivity contribution is 0.0950. The summed E-state index contributed by atoms with van der Waals surface area (Å²) in [5.41, 5.74) is 2.53. The Morgan fingerprint density at radius 1 is 1.16 bits per heavy atom. The lowest BCUT2D eigenvalue weighted by Crippen LogP contribution is -2.42. The Balaban J connectivity index is 1.75. The second kappa shape index (κ2) is 8.41. The molecule has 1 fully saturated rings. The number of fused-ring (bicyclic) bond motifs is 1. The molecule has 8 heteroatoms. The number of benzene rings is 2. The van der Waals surface area contributed by atoms with Crippen molar-refractivity contribution in [2.45, 2.75) is 39.0 Å². The number of aryl methyl sites for hydroxylation is 1. The van der Waals surface area contributed by atoms with Crippen LogP contribution in [0.5, 0.6) is 0 Å². The smallest absolute Gasteiger partial charge is 0.337 e. The van der Waals surface area contributed by atoms with Crippen LogP contribution >= 0.6 is 11.6 Å². The van der Waals surface area contributed by atoms with Gasteiger partial charge in [0.15, 0.2) is 11.2 Å². The summed E-state index contributed by atoms with van der Waals surface area (Å²) in [4.78, 5) is 31.6. The van der Waals surface area contributed by atoms with E-state index in [1.807, 2.05) is 55.5 Å². The molecule has 3 heterocycles. The van der Waals surface area contributed by atoms with Crippen LogP contribution in [0.25, 0.3) is 16.9 Å². The Labute approximate surface area is 189 Å². The lowest BCUT2D eigenvalue weighted by atomic mass is 10.2. The van der Waals surface area contributed by atoms with Gasteiger partial charge in [-0.3, -0.25) is 9.36 Å². The van der Waals surface area contributed by atoms with Gasteiger partial charge in [0, 0.05) is 18.2 Å². The highest BCUT2D eigenvalue weighted by atomic mass is 35.5. The summed E-state index contributed by atoms with van der Waals surface area (Å²) in [6.45, 7) is 3.23. The van der Waals surface area contributed by atoms with Crippen LogP contribution in [0.3, 0.4) is 0 Å². The molecule has 32 heavy (non-hydrogen) atoms. The summed E-state index contributed by atoms with van der Waals surface area (Å²) >= 11 is 6.15. The molecule has 0 radical (unpaired) electrons. The van der Waals surface area contributed by atoms with Crippen LogP contribution in [-0.4, -0.2) is 31.4 Å².